The van der Waals surface area contributed by atoms with Crippen LogP contribution in [-0.2, 0) is 11.5 Å². The highest BCUT2D eigenvalue weighted by Gasteiger charge is 2.21. The molecule has 1 aliphatic rings. The Balaban J connectivity index is 1.32. The number of para-hydroxylation sites is 3. The number of nitrogens with zero attached hydrogens (tertiary/aromatic N) is 4. The number of rotatable bonds is 6. The van der Waals surface area contributed by atoms with Crippen LogP contribution in [0.1, 0.15) is 19.3 Å². The van der Waals surface area contributed by atoms with Crippen LogP contribution in [0.2, 0.25) is 0 Å². The van der Waals surface area contributed by atoms with Gasteiger partial charge in [-0.05, 0) is 37.5 Å². The summed E-state index contributed by atoms with van der Waals surface area (Å²) < 4.78 is 7.49. The third-order valence-corrected chi connectivity index (χ3v) is 6.53. The molecule has 0 aliphatic carbocycles. The summed E-state index contributed by atoms with van der Waals surface area (Å²) in [5.41, 5.74) is 2.65. The monoisotopic (exact) mass is 450 g/mol. The second-order valence-electron chi connectivity index (χ2n) is 7.92. The van der Waals surface area contributed by atoms with Gasteiger partial charge in [-0.15, -0.1) is 10.2 Å². The molecule has 0 spiro atoms. The molecule has 1 saturated heterocycles. The lowest BCUT2D eigenvalue weighted by Gasteiger charge is -2.24. The van der Waals surface area contributed by atoms with Gasteiger partial charge in [-0.2, -0.15) is 0 Å². The lowest BCUT2D eigenvalue weighted by Crippen LogP contribution is -3.12. The summed E-state index contributed by atoms with van der Waals surface area (Å²) in [7, 11) is 0. The number of carbonyl (C=O) groups is 1. The van der Waals surface area contributed by atoms with E-state index in [1.54, 1.807) is 0 Å². The molecule has 0 radical (unpaired) electrons. The first kappa shape index (κ1) is 20.7. The molecule has 0 bridgehead atoms. The van der Waals surface area contributed by atoms with E-state index in [1.807, 2.05) is 53.1 Å². The van der Waals surface area contributed by atoms with E-state index in [1.165, 1.54) is 35.9 Å². The Hall–Kier alpha value is -3.17. The van der Waals surface area contributed by atoms with Crippen LogP contribution in [0.5, 0.6) is 5.88 Å². The van der Waals surface area contributed by atoms with Crippen LogP contribution in [-0.4, -0.2) is 39.4 Å². The maximum absolute atomic E-state index is 12.3. The van der Waals surface area contributed by atoms with Crippen LogP contribution in [0, 0.1) is 0 Å². The zero-order valence-corrected chi connectivity index (χ0v) is 18.3. The third kappa shape index (κ3) is 4.26. The smallest absolute Gasteiger partial charge is 0.275 e. The van der Waals surface area contributed by atoms with Crippen molar-refractivity contribution in [3.8, 4) is 5.88 Å². The number of hydrogen-bond donors (Lipinski definition) is 2. The van der Waals surface area contributed by atoms with Crippen LogP contribution >= 0.6 is 11.8 Å². The van der Waals surface area contributed by atoms with Crippen LogP contribution in [0.25, 0.3) is 22.0 Å². The Morgan fingerprint density at radius 2 is 1.91 bits per heavy atom. The van der Waals surface area contributed by atoms with Gasteiger partial charge in [0.1, 0.15) is 5.52 Å². The first-order chi connectivity index (χ1) is 15.7. The van der Waals surface area contributed by atoms with E-state index in [0.717, 1.165) is 29.5 Å². The minimum absolute atomic E-state index is 0.0485. The van der Waals surface area contributed by atoms with Gasteiger partial charge in [0.2, 0.25) is 5.88 Å². The molecule has 0 unspecified atom stereocenters. The van der Waals surface area contributed by atoms with E-state index in [4.69, 9.17) is 4.42 Å². The standard InChI is InChI=1S/C23H23N5O3S/c29-20(14-32-23-24-17-9-3-5-11-19(17)31-23)25-26-21-16-8-2-4-10-18(16)28(22(21)30)15-27-12-6-1-7-13-27/h2-5,8-11,30H,1,6-7,12-15H2/p+1. The summed E-state index contributed by atoms with van der Waals surface area (Å²) in [5.74, 6) is -0.323. The lowest BCUT2D eigenvalue weighted by atomic mass is 10.1. The van der Waals surface area contributed by atoms with E-state index in [2.05, 4.69) is 15.2 Å². The molecule has 9 heteroatoms. The highest BCUT2D eigenvalue weighted by molar-refractivity contribution is 7.99. The number of benzene rings is 2. The van der Waals surface area contributed by atoms with Gasteiger partial charge in [-0.25, -0.2) is 4.98 Å². The van der Waals surface area contributed by atoms with Crippen molar-refractivity contribution in [1.29, 1.82) is 0 Å². The molecule has 1 amide bonds. The molecule has 0 saturated carbocycles. The molecule has 3 heterocycles. The highest BCUT2D eigenvalue weighted by atomic mass is 32.2. The van der Waals surface area contributed by atoms with Gasteiger partial charge in [-0.3, -0.25) is 9.36 Å². The average molecular weight is 451 g/mol. The Morgan fingerprint density at radius 1 is 1.12 bits per heavy atom. The number of likely N-dealkylation sites (tertiary alicyclic amines) is 1. The minimum atomic E-state index is -0.421. The Morgan fingerprint density at radius 3 is 2.75 bits per heavy atom. The largest absolute Gasteiger partial charge is 0.493 e. The minimum Gasteiger partial charge on any atom is -0.493 e. The summed E-state index contributed by atoms with van der Waals surface area (Å²) in [4.78, 5) is 18.1. The summed E-state index contributed by atoms with van der Waals surface area (Å²) in [5, 5.41) is 20.1. The molecular formula is C23H24N5O3S+. The maximum Gasteiger partial charge on any atom is 0.275 e. The highest BCUT2D eigenvalue weighted by Crippen LogP contribution is 2.38. The van der Waals surface area contributed by atoms with Gasteiger partial charge < -0.3 is 14.4 Å². The van der Waals surface area contributed by atoms with Crippen molar-refractivity contribution in [3.63, 3.8) is 0 Å². The Bertz CT molecular complexity index is 1260. The van der Waals surface area contributed by atoms with Crippen LogP contribution in [0.4, 0.5) is 5.69 Å². The Kier molecular flexibility index (Phi) is 5.91. The van der Waals surface area contributed by atoms with Gasteiger partial charge in [0.25, 0.3) is 11.1 Å². The fraction of sp³-hybridized carbons (Fsp3) is 0.304. The predicted octanol–water partition coefficient (Wildman–Crippen LogP) is 3.92. The predicted molar refractivity (Wildman–Crippen MR) is 122 cm³/mol. The van der Waals surface area contributed by atoms with E-state index < -0.39 is 5.91 Å². The molecule has 4 aromatic rings. The number of carbonyl (C=O) groups excluding carboxylic acids is 1. The van der Waals surface area contributed by atoms with Crippen molar-refractivity contribution in [2.24, 2.45) is 10.2 Å². The van der Waals surface area contributed by atoms with Gasteiger partial charge >= 0.3 is 0 Å². The number of azo groups is 1. The molecule has 0 atom stereocenters. The number of thioether (sulfide) groups is 1. The first-order valence-electron chi connectivity index (χ1n) is 10.8. The number of piperidine rings is 1. The van der Waals surface area contributed by atoms with Crippen LogP contribution in [0.3, 0.4) is 0 Å². The topological polar surface area (TPSA) is 97.4 Å². The SMILES string of the molecule is O=C(CSc1nc2ccccc2o1)N=Nc1c(O)n(C[NH+]2CCCCC2)c2ccccc12. The van der Waals surface area contributed by atoms with Crippen LogP contribution in [0.15, 0.2) is 68.4 Å². The molecule has 32 heavy (non-hydrogen) atoms. The number of oxazole rings is 1. The average Bonchev–Trinajstić information content (AvgIpc) is 3.36. The van der Waals surface area contributed by atoms with Crippen molar-refractivity contribution in [2.45, 2.75) is 31.2 Å². The quantitative estimate of drug-likeness (QED) is 0.343. The number of hydrogen-bond acceptors (Lipinski definition) is 6. The number of quaternary nitrogens is 1. The van der Waals surface area contributed by atoms with Gasteiger partial charge in [-0.1, -0.05) is 42.1 Å². The maximum atomic E-state index is 12.3. The first-order valence-corrected chi connectivity index (χ1v) is 11.7. The second kappa shape index (κ2) is 9.13. The van der Waals surface area contributed by atoms with Crippen molar-refractivity contribution in [1.82, 2.24) is 9.55 Å². The van der Waals surface area contributed by atoms with E-state index in [9.17, 15) is 9.90 Å². The van der Waals surface area contributed by atoms with Crippen LogP contribution < -0.4 is 4.90 Å². The van der Waals surface area contributed by atoms with Crippen molar-refractivity contribution >= 4 is 45.4 Å². The number of nitrogens with one attached hydrogen (secondary N) is 1. The molecule has 164 valence electrons. The summed E-state index contributed by atoms with van der Waals surface area (Å²) in [6, 6.07) is 15.1. The molecular weight excluding hydrogens is 426 g/mol. The summed E-state index contributed by atoms with van der Waals surface area (Å²) in [6.07, 6.45) is 3.67. The van der Waals surface area contributed by atoms with Gasteiger partial charge in [0.15, 0.2) is 17.9 Å². The lowest BCUT2D eigenvalue weighted by molar-refractivity contribution is -0.927. The van der Waals surface area contributed by atoms with Crippen molar-refractivity contribution in [2.75, 3.05) is 18.8 Å². The molecule has 2 aromatic heterocycles. The fourth-order valence-electron chi connectivity index (χ4n) is 4.13. The normalized spacial score (nSPS) is 15.2. The number of amides is 1. The Labute approximate surface area is 188 Å². The number of aromatic hydroxyl groups is 1. The van der Waals surface area contributed by atoms with E-state index in [-0.39, 0.29) is 11.6 Å². The molecule has 1 aliphatic heterocycles. The summed E-state index contributed by atoms with van der Waals surface area (Å²) in [6.45, 7) is 2.85. The third-order valence-electron chi connectivity index (χ3n) is 5.71. The van der Waals surface area contributed by atoms with Crippen molar-refractivity contribution in [3.05, 3.63) is 48.5 Å². The van der Waals surface area contributed by atoms with Gasteiger partial charge in [0, 0.05) is 5.39 Å². The second-order valence-corrected chi connectivity index (χ2v) is 8.84. The fourth-order valence-corrected chi connectivity index (χ4v) is 4.75. The van der Waals surface area contributed by atoms with Gasteiger partial charge in [0.05, 0.1) is 24.4 Å². The molecule has 8 nitrogen and oxygen atoms in total. The van der Waals surface area contributed by atoms with E-state index >= 15 is 0 Å². The zero-order chi connectivity index (χ0) is 21.9. The van der Waals surface area contributed by atoms with E-state index in [0.29, 0.717) is 23.2 Å². The van der Waals surface area contributed by atoms with Crippen molar-refractivity contribution < 1.29 is 19.2 Å². The molecule has 2 aromatic carbocycles. The molecule has 5 rings (SSSR count). The number of fused-ring (bicyclic) bond motifs is 2. The summed E-state index contributed by atoms with van der Waals surface area (Å²) >= 11 is 1.17. The zero-order valence-electron chi connectivity index (χ0n) is 17.5. The molecule has 1 fully saturated rings. The molecule has 2 N–H and O–H groups in total. The number of aromatic nitrogens is 2.